The first kappa shape index (κ1) is 28.0. The number of hydrogen-bond acceptors (Lipinski definition) is 6. The topological polar surface area (TPSA) is 94.1 Å². The summed E-state index contributed by atoms with van der Waals surface area (Å²) in [5, 5.41) is 0. The monoisotopic (exact) mass is 658 g/mol. The molecule has 188 valence electrons. The molecule has 4 aromatic rings. The lowest BCUT2D eigenvalue weighted by molar-refractivity contribution is 0.600. The molecule has 6 nitrogen and oxygen atoms in total. The van der Waals surface area contributed by atoms with Crippen LogP contribution in [0.5, 0.6) is 0 Å². The van der Waals surface area contributed by atoms with E-state index >= 15 is 0 Å². The zero-order chi connectivity index (χ0) is 26.7. The maximum absolute atomic E-state index is 13.6. The molecule has 36 heavy (non-hydrogen) atoms. The second-order valence-corrected chi connectivity index (χ2v) is 13.1. The molecule has 4 rings (SSSR count). The number of rotatable bonds is 4. The Kier molecular flexibility index (Phi) is 8.75. The summed E-state index contributed by atoms with van der Waals surface area (Å²) in [6, 6.07) is 17.9. The van der Waals surface area contributed by atoms with E-state index in [1.165, 1.54) is 60.7 Å². The Hall–Kier alpha value is -2.54. The zero-order valence-corrected chi connectivity index (χ0v) is 23.6. The van der Waals surface area contributed by atoms with E-state index in [1.807, 2.05) is 0 Å². The number of aromatic nitrogens is 2. The molecule has 0 spiro atoms. The van der Waals surface area contributed by atoms with Gasteiger partial charge < -0.3 is 0 Å². The minimum Gasteiger partial charge on any atom is -0.238 e. The van der Waals surface area contributed by atoms with Gasteiger partial charge in [-0.2, -0.15) is 0 Å². The van der Waals surface area contributed by atoms with Crippen LogP contribution in [0.2, 0.25) is 0 Å². The van der Waals surface area contributed by atoms with E-state index in [-0.39, 0.29) is 20.1 Å². The number of sulfone groups is 2. The van der Waals surface area contributed by atoms with E-state index in [4.69, 9.17) is 0 Å². The van der Waals surface area contributed by atoms with Crippen LogP contribution in [0.4, 0.5) is 8.78 Å². The molecule has 2 aromatic carbocycles. The fourth-order valence-electron chi connectivity index (χ4n) is 2.93. The van der Waals surface area contributed by atoms with Crippen LogP contribution in [0, 0.1) is 11.6 Å². The molecule has 0 saturated carbocycles. The van der Waals surface area contributed by atoms with Crippen molar-refractivity contribution in [2.24, 2.45) is 0 Å². The van der Waals surface area contributed by atoms with Crippen LogP contribution in [0.25, 0.3) is 22.5 Å². The Morgan fingerprint density at radius 1 is 0.611 bits per heavy atom. The maximum Gasteiger partial charge on any atom is 0.175 e. The van der Waals surface area contributed by atoms with Gasteiger partial charge in [0.05, 0.1) is 15.5 Å². The van der Waals surface area contributed by atoms with Crippen LogP contribution in [0.3, 0.4) is 0 Å². The van der Waals surface area contributed by atoms with Crippen molar-refractivity contribution >= 4 is 51.5 Å². The lowest BCUT2D eigenvalue weighted by atomic mass is 10.1. The number of pyridine rings is 2. The summed E-state index contributed by atoms with van der Waals surface area (Å²) in [4.78, 5) is 8.49. The molecule has 0 aliphatic rings. The first-order valence-corrected chi connectivity index (χ1v) is 15.4. The van der Waals surface area contributed by atoms with E-state index in [9.17, 15) is 25.6 Å². The Morgan fingerprint density at radius 3 is 1.56 bits per heavy atom. The van der Waals surface area contributed by atoms with Gasteiger partial charge in [0, 0.05) is 23.6 Å². The third-order valence-electron chi connectivity index (χ3n) is 4.75. The smallest absolute Gasteiger partial charge is 0.175 e. The third kappa shape index (κ3) is 7.25. The Morgan fingerprint density at radius 2 is 1.08 bits per heavy atom. The van der Waals surface area contributed by atoms with Crippen LogP contribution in [-0.2, 0) is 19.7 Å². The highest BCUT2D eigenvalue weighted by atomic mass is 79.9. The van der Waals surface area contributed by atoms with E-state index in [2.05, 4.69) is 41.8 Å². The largest absolute Gasteiger partial charge is 0.238 e. The first-order chi connectivity index (χ1) is 16.8. The van der Waals surface area contributed by atoms with Crippen molar-refractivity contribution in [3.8, 4) is 22.5 Å². The van der Waals surface area contributed by atoms with Gasteiger partial charge in [-0.25, -0.2) is 35.6 Å². The lowest BCUT2D eigenvalue weighted by Crippen LogP contribution is -1.97. The highest BCUT2D eigenvalue weighted by molar-refractivity contribution is 9.10. The van der Waals surface area contributed by atoms with Gasteiger partial charge in [0.15, 0.2) is 25.5 Å². The van der Waals surface area contributed by atoms with Gasteiger partial charge in [0.25, 0.3) is 0 Å². The Bertz CT molecular complexity index is 1610. The second kappa shape index (κ2) is 11.2. The summed E-state index contributed by atoms with van der Waals surface area (Å²) in [6.45, 7) is 0. The second-order valence-electron chi connectivity index (χ2n) is 7.53. The van der Waals surface area contributed by atoms with Crippen LogP contribution >= 0.6 is 31.9 Å². The Labute approximate surface area is 224 Å². The molecule has 0 bridgehead atoms. The summed E-state index contributed by atoms with van der Waals surface area (Å²) < 4.78 is 72.5. The molecule has 0 unspecified atom stereocenters. The van der Waals surface area contributed by atoms with Crippen molar-refractivity contribution in [3.63, 3.8) is 0 Å². The summed E-state index contributed by atoms with van der Waals surface area (Å²) in [5.41, 5.74) is 2.01. The average Bonchev–Trinajstić information content (AvgIpc) is 2.82. The van der Waals surface area contributed by atoms with Gasteiger partial charge in [0.2, 0.25) is 0 Å². The molecule has 0 amide bonds. The molecule has 2 heterocycles. The normalized spacial score (nSPS) is 11.5. The third-order valence-corrected chi connectivity index (χ3v) is 8.00. The average molecular weight is 660 g/mol. The standard InChI is InChI=1S/2C12H9BrFNO2S/c1-18(16,17)9-4-2-8(3-5-9)12-10(14)6-7-11(13)15-12;1-18(16,17)9-4-2-8(3-5-9)11-7-6-10(14)12(13)15-11/h2*2-7H,1H3. The van der Waals surface area contributed by atoms with Gasteiger partial charge in [-0.05, 0) is 80.4 Å². The fourth-order valence-corrected chi connectivity index (χ4v) is 4.83. The number of nitrogens with zero attached hydrogens (tertiary/aromatic N) is 2. The Balaban J connectivity index is 0.000000201. The van der Waals surface area contributed by atoms with Crippen LogP contribution in [0.15, 0.2) is 91.8 Å². The maximum atomic E-state index is 13.6. The SMILES string of the molecule is CS(=O)(=O)c1ccc(-c2ccc(F)c(Br)n2)cc1.CS(=O)(=O)c1ccc(-c2nc(Br)ccc2F)cc1. The molecule has 0 N–H and O–H groups in total. The zero-order valence-electron chi connectivity index (χ0n) is 18.8. The molecule has 0 fully saturated rings. The highest BCUT2D eigenvalue weighted by Crippen LogP contribution is 2.25. The van der Waals surface area contributed by atoms with Crippen molar-refractivity contribution in [1.29, 1.82) is 0 Å². The van der Waals surface area contributed by atoms with Crippen molar-refractivity contribution in [2.45, 2.75) is 9.79 Å². The van der Waals surface area contributed by atoms with Gasteiger partial charge >= 0.3 is 0 Å². The minimum absolute atomic E-state index is 0.132. The molecule has 0 atom stereocenters. The predicted molar refractivity (Wildman–Crippen MR) is 141 cm³/mol. The molecule has 0 aliphatic carbocycles. The van der Waals surface area contributed by atoms with E-state index in [1.54, 1.807) is 12.1 Å². The molecule has 0 aliphatic heterocycles. The van der Waals surface area contributed by atoms with Crippen LogP contribution < -0.4 is 0 Å². The van der Waals surface area contributed by atoms with Crippen molar-refractivity contribution in [1.82, 2.24) is 9.97 Å². The summed E-state index contributed by atoms with van der Waals surface area (Å²) in [7, 11) is -6.45. The fraction of sp³-hybridized carbons (Fsp3) is 0.0833. The summed E-state index contributed by atoms with van der Waals surface area (Å²) >= 11 is 6.17. The molecule has 12 heteroatoms. The van der Waals surface area contributed by atoms with Crippen LogP contribution in [0.1, 0.15) is 0 Å². The molecule has 0 radical (unpaired) electrons. The van der Waals surface area contributed by atoms with E-state index in [0.717, 1.165) is 18.1 Å². The van der Waals surface area contributed by atoms with E-state index < -0.39 is 31.3 Å². The molecule has 2 aromatic heterocycles. The van der Waals surface area contributed by atoms with Crippen molar-refractivity contribution < 1.29 is 25.6 Å². The van der Waals surface area contributed by atoms with Crippen molar-refractivity contribution in [3.05, 3.63) is 93.6 Å². The van der Waals surface area contributed by atoms with Crippen LogP contribution in [-0.4, -0.2) is 39.3 Å². The minimum atomic E-state index is -3.24. The first-order valence-electron chi connectivity index (χ1n) is 10.0. The van der Waals surface area contributed by atoms with Crippen molar-refractivity contribution in [2.75, 3.05) is 12.5 Å². The number of benzene rings is 2. The highest BCUT2D eigenvalue weighted by Gasteiger charge is 2.11. The van der Waals surface area contributed by atoms with Gasteiger partial charge in [0.1, 0.15) is 20.7 Å². The summed E-state index contributed by atoms with van der Waals surface area (Å²) in [6.07, 6.45) is 2.27. The quantitative estimate of drug-likeness (QED) is 0.246. The lowest BCUT2D eigenvalue weighted by Gasteiger charge is -2.04. The van der Waals surface area contributed by atoms with E-state index in [0.29, 0.717) is 15.9 Å². The molecular formula is C24H18Br2F2N2O4S2. The number of hydrogen-bond donors (Lipinski definition) is 0. The summed E-state index contributed by atoms with van der Waals surface area (Å²) in [5.74, 6) is -0.892. The number of halogens is 4. The van der Waals surface area contributed by atoms with Gasteiger partial charge in [-0.3, -0.25) is 0 Å². The van der Waals surface area contributed by atoms with Gasteiger partial charge in [-0.1, -0.05) is 24.3 Å². The predicted octanol–water partition coefficient (Wildman–Crippen LogP) is 6.11. The molecule has 0 saturated heterocycles. The van der Waals surface area contributed by atoms with Gasteiger partial charge in [-0.15, -0.1) is 0 Å². The molecular weight excluding hydrogens is 642 g/mol.